The van der Waals surface area contributed by atoms with Crippen LogP contribution < -0.4 is 0 Å². The van der Waals surface area contributed by atoms with Crippen molar-refractivity contribution < 1.29 is 4.39 Å². The van der Waals surface area contributed by atoms with Crippen LogP contribution in [0.25, 0.3) is 0 Å². The van der Waals surface area contributed by atoms with Crippen LogP contribution in [0.1, 0.15) is 16.7 Å². The molecule has 2 aromatic rings. The Labute approximate surface area is 97.1 Å². The number of hydrogen-bond donors (Lipinski definition) is 0. The lowest BCUT2D eigenvalue weighted by atomic mass is 10.1. The van der Waals surface area contributed by atoms with E-state index in [0.717, 1.165) is 5.56 Å². The highest BCUT2D eigenvalue weighted by Crippen LogP contribution is 2.10. The van der Waals surface area contributed by atoms with Gasteiger partial charge in [-0.1, -0.05) is 6.07 Å². The number of rotatable bonds is 2. The van der Waals surface area contributed by atoms with Crippen molar-refractivity contribution in [2.45, 2.75) is 6.54 Å². The SMILES string of the molecule is N#Cc1cnn(Cc2ccc(F)c(C#N)c2)c1. The molecule has 1 heterocycles. The zero-order valence-corrected chi connectivity index (χ0v) is 8.76. The lowest BCUT2D eigenvalue weighted by Crippen LogP contribution is -2.00. The van der Waals surface area contributed by atoms with E-state index in [9.17, 15) is 4.39 Å². The normalized spacial score (nSPS) is 9.59. The van der Waals surface area contributed by atoms with Crippen molar-refractivity contribution in [1.29, 1.82) is 10.5 Å². The topological polar surface area (TPSA) is 65.4 Å². The highest BCUT2D eigenvalue weighted by molar-refractivity contribution is 5.34. The molecule has 0 aliphatic heterocycles. The number of hydrogen-bond acceptors (Lipinski definition) is 3. The molecule has 0 spiro atoms. The molecule has 17 heavy (non-hydrogen) atoms. The van der Waals surface area contributed by atoms with E-state index in [4.69, 9.17) is 10.5 Å². The predicted molar refractivity (Wildman–Crippen MR) is 57.2 cm³/mol. The van der Waals surface area contributed by atoms with E-state index >= 15 is 0 Å². The maximum absolute atomic E-state index is 13.1. The summed E-state index contributed by atoms with van der Waals surface area (Å²) in [5.41, 5.74) is 1.23. The lowest BCUT2D eigenvalue weighted by molar-refractivity contribution is 0.620. The van der Waals surface area contributed by atoms with Gasteiger partial charge in [-0.25, -0.2) is 4.39 Å². The van der Waals surface area contributed by atoms with Gasteiger partial charge in [-0.15, -0.1) is 0 Å². The Bertz CT molecular complexity index is 631. The van der Waals surface area contributed by atoms with Crippen LogP contribution in [0.2, 0.25) is 0 Å². The standard InChI is InChI=1S/C12H7FN4/c13-12-2-1-9(3-11(12)5-15)7-17-8-10(4-14)6-16-17/h1-3,6,8H,7H2. The van der Waals surface area contributed by atoms with Crippen LogP contribution >= 0.6 is 0 Å². The molecule has 0 bridgehead atoms. The molecule has 82 valence electrons. The molecule has 0 aliphatic rings. The minimum absolute atomic E-state index is 0.00941. The van der Waals surface area contributed by atoms with Gasteiger partial charge in [-0.3, -0.25) is 4.68 Å². The first-order valence-electron chi connectivity index (χ1n) is 4.84. The van der Waals surface area contributed by atoms with Crippen molar-refractivity contribution in [3.05, 3.63) is 53.1 Å². The molecule has 0 fully saturated rings. The van der Waals surface area contributed by atoms with Crippen molar-refractivity contribution >= 4 is 0 Å². The van der Waals surface area contributed by atoms with Gasteiger partial charge in [0.25, 0.3) is 0 Å². The van der Waals surface area contributed by atoms with Crippen LogP contribution in [0.3, 0.4) is 0 Å². The van der Waals surface area contributed by atoms with Crippen LogP contribution in [0, 0.1) is 28.5 Å². The van der Waals surface area contributed by atoms with Crippen molar-refractivity contribution in [2.75, 3.05) is 0 Å². The first kappa shape index (κ1) is 10.8. The Morgan fingerprint density at radius 3 is 2.76 bits per heavy atom. The third-order valence-electron chi connectivity index (χ3n) is 2.26. The van der Waals surface area contributed by atoms with E-state index in [0.29, 0.717) is 12.1 Å². The molecule has 2 rings (SSSR count). The van der Waals surface area contributed by atoms with Crippen LogP contribution in [0.15, 0.2) is 30.6 Å². The Balaban J connectivity index is 2.25. The largest absolute Gasteiger partial charge is 0.267 e. The van der Waals surface area contributed by atoms with E-state index in [2.05, 4.69) is 5.10 Å². The Hall–Kier alpha value is -2.66. The van der Waals surface area contributed by atoms with Gasteiger partial charge >= 0.3 is 0 Å². The molecular weight excluding hydrogens is 219 g/mol. The summed E-state index contributed by atoms with van der Waals surface area (Å²) in [5, 5.41) is 21.3. The number of benzene rings is 1. The summed E-state index contributed by atoms with van der Waals surface area (Å²) in [4.78, 5) is 0. The van der Waals surface area contributed by atoms with Gasteiger partial charge in [-0.05, 0) is 17.7 Å². The smallest absolute Gasteiger partial charge is 0.140 e. The minimum Gasteiger partial charge on any atom is -0.267 e. The molecule has 0 unspecified atom stereocenters. The summed E-state index contributed by atoms with van der Waals surface area (Å²) >= 11 is 0. The average Bonchev–Trinajstić information content (AvgIpc) is 2.79. The maximum Gasteiger partial charge on any atom is 0.140 e. The average molecular weight is 226 g/mol. The third-order valence-corrected chi connectivity index (χ3v) is 2.26. The van der Waals surface area contributed by atoms with Crippen molar-refractivity contribution in [3.63, 3.8) is 0 Å². The number of halogens is 1. The monoisotopic (exact) mass is 226 g/mol. The summed E-state index contributed by atoms with van der Waals surface area (Å²) in [6.07, 6.45) is 3.05. The molecule has 0 saturated heterocycles. The molecule has 0 atom stereocenters. The molecule has 0 saturated carbocycles. The van der Waals surface area contributed by atoms with E-state index in [1.54, 1.807) is 23.0 Å². The van der Waals surface area contributed by atoms with Gasteiger partial charge < -0.3 is 0 Å². The second-order valence-electron chi connectivity index (χ2n) is 3.46. The molecule has 4 nitrogen and oxygen atoms in total. The quantitative estimate of drug-likeness (QED) is 0.784. The first-order valence-corrected chi connectivity index (χ1v) is 4.84. The van der Waals surface area contributed by atoms with Crippen LogP contribution in [0.5, 0.6) is 0 Å². The second kappa shape index (κ2) is 4.46. The number of nitriles is 2. The fourth-order valence-electron chi connectivity index (χ4n) is 1.45. The van der Waals surface area contributed by atoms with Crippen LogP contribution in [-0.2, 0) is 6.54 Å². The fourth-order valence-corrected chi connectivity index (χ4v) is 1.45. The molecule has 0 radical (unpaired) electrons. The number of nitrogens with zero attached hydrogens (tertiary/aromatic N) is 4. The molecule has 0 N–H and O–H groups in total. The van der Waals surface area contributed by atoms with Crippen LogP contribution in [0.4, 0.5) is 4.39 Å². The Morgan fingerprint density at radius 1 is 1.29 bits per heavy atom. The summed E-state index contributed by atoms with van der Waals surface area (Å²) in [6.45, 7) is 0.399. The second-order valence-corrected chi connectivity index (χ2v) is 3.46. The van der Waals surface area contributed by atoms with Crippen molar-refractivity contribution in [1.82, 2.24) is 9.78 Å². The van der Waals surface area contributed by atoms with Gasteiger partial charge in [0, 0.05) is 6.20 Å². The highest BCUT2D eigenvalue weighted by Gasteiger charge is 2.04. The van der Waals surface area contributed by atoms with E-state index in [1.807, 2.05) is 6.07 Å². The van der Waals surface area contributed by atoms with E-state index in [1.165, 1.54) is 18.3 Å². The molecule has 1 aromatic heterocycles. The Morgan fingerprint density at radius 2 is 2.12 bits per heavy atom. The predicted octanol–water partition coefficient (Wildman–Crippen LogP) is 1.81. The molecule has 5 heteroatoms. The first-order chi connectivity index (χ1) is 8.22. The lowest BCUT2D eigenvalue weighted by Gasteiger charge is -2.02. The third kappa shape index (κ3) is 2.30. The van der Waals surface area contributed by atoms with E-state index < -0.39 is 5.82 Å². The maximum atomic E-state index is 13.1. The summed E-state index contributed by atoms with van der Waals surface area (Å²) in [5.74, 6) is -0.533. The summed E-state index contributed by atoms with van der Waals surface area (Å²) < 4.78 is 14.6. The van der Waals surface area contributed by atoms with Gasteiger partial charge in [0.1, 0.15) is 18.0 Å². The van der Waals surface area contributed by atoms with Crippen molar-refractivity contribution in [3.8, 4) is 12.1 Å². The summed E-state index contributed by atoms with van der Waals surface area (Å²) in [7, 11) is 0. The fraction of sp³-hybridized carbons (Fsp3) is 0.0833. The van der Waals surface area contributed by atoms with Gasteiger partial charge in [0.15, 0.2) is 0 Å². The molecule has 1 aromatic carbocycles. The minimum atomic E-state index is -0.533. The highest BCUT2D eigenvalue weighted by atomic mass is 19.1. The molecular formula is C12H7FN4. The zero-order chi connectivity index (χ0) is 12.3. The van der Waals surface area contributed by atoms with Gasteiger partial charge in [-0.2, -0.15) is 15.6 Å². The molecule has 0 amide bonds. The zero-order valence-electron chi connectivity index (χ0n) is 8.76. The number of aromatic nitrogens is 2. The van der Waals surface area contributed by atoms with Gasteiger partial charge in [0.2, 0.25) is 0 Å². The Kier molecular flexibility index (Phi) is 2.85. The summed E-state index contributed by atoms with van der Waals surface area (Å²) in [6, 6.07) is 8.06. The van der Waals surface area contributed by atoms with E-state index in [-0.39, 0.29) is 5.56 Å². The molecule has 0 aliphatic carbocycles. The van der Waals surface area contributed by atoms with Gasteiger partial charge in [0.05, 0.1) is 23.9 Å². The van der Waals surface area contributed by atoms with Crippen LogP contribution in [-0.4, -0.2) is 9.78 Å². The van der Waals surface area contributed by atoms with Crippen molar-refractivity contribution in [2.24, 2.45) is 0 Å².